The van der Waals surface area contributed by atoms with Crippen LogP contribution in [0.25, 0.3) is 5.65 Å². The lowest BCUT2D eigenvalue weighted by atomic mass is 10.1. The van der Waals surface area contributed by atoms with E-state index in [4.69, 9.17) is 9.47 Å². The molecule has 0 saturated carbocycles. The summed E-state index contributed by atoms with van der Waals surface area (Å²) < 4.78 is 12.9. The highest BCUT2D eigenvalue weighted by Crippen LogP contribution is 2.27. The molecule has 0 spiro atoms. The van der Waals surface area contributed by atoms with E-state index in [0.717, 1.165) is 17.5 Å². The normalized spacial score (nSPS) is 16.9. The first-order valence-corrected chi connectivity index (χ1v) is 10.2. The summed E-state index contributed by atoms with van der Waals surface area (Å²) in [7, 11) is 0. The minimum atomic E-state index is -1.01. The second-order valence-corrected chi connectivity index (χ2v) is 7.83. The Hall–Kier alpha value is -3.39. The summed E-state index contributed by atoms with van der Waals surface area (Å²) >= 11 is 0. The van der Waals surface area contributed by atoms with Gasteiger partial charge in [0.2, 0.25) is 5.88 Å². The number of carbonyl (C=O) groups is 1. The third-order valence-electron chi connectivity index (χ3n) is 5.43. The number of fused-ring (bicyclic) bond motifs is 1. The molecule has 1 fully saturated rings. The number of nitrogens with one attached hydrogen (secondary N) is 1. The number of aryl methyl sites for hydroxylation is 1. The van der Waals surface area contributed by atoms with Crippen LogP contribution in [0.5, 0.6) is 5.88 Å². The smallest absolute Gasteiger partial charge is 0.337 e. The Balaban J connectivity index is 1.78. The van der Waals surface area contributed by atoms with Gasteiger partial charge in [-0.1, -0.05) is 12.1 Å². The fourth-order valence-electron chi connectivity index (χ4n) is 3.78. The Morgan fingerprint density at radius 2 is 2.13 bits per heavy atom. The monoisotopic (exact) mass is 423 g/mol. The molecule has 31 heavy (non-hydrogen) atoms. The van der Waals surface area contributed by atoms with Crippen LogP contribution in [0.4, 0.5) is 5.69 Å². The van der Waals surface area contributed by atoms with Gasteiger partial charge in [-0.25, -0.2) is 4.79 Å². The van der Waals surface area contributed by atoms with Crippen LogP contribution in [0.3, 0.4) is 0 Å². The average molecular weight is 423 g/mol. The van der Waals surface area contributed by atoms with E-state index in [-0.39, 0.29) is 23.3 Å². The second-order valence-electron chi connectivity index (χ2n) is 7.83. The molecular formula is C23H25N3O5. The predicted molar refractivity (Wildman–Crippen MR) is 116 cm³/mol. The van der Waals surface area contributed by atoms with Gasteiger partial charge in [-0.15, -0.1) is 0 Å². The summed E-state index contributed by atoms with van der Waals surface area (Å²) in [6.07, 6.45) is 2.38. The lowest BCUT2D eigenvalue weighted by molar-refractivity contribution is 0.0698. The lowest BCUT2D eigenvalue weighted by Gasteiger charge is -2.21. The number of aromatic carboxylic acids is 1. The van der Waals surface area contributed by atoms with Crippen LogP contribution < -0.4 is 15.6 Å². The average Bonchev–Trinajstić information content (AvgIpc) is 3.25. The van der Waals surface area contributed by atoms with Gasteiger partial charge in [0.05, 0.1) is 30.4 Å². The molecule has 1 aromatic carbocycles. The molecule has 0 bridgehead atoms. The number of carboxylic acid groups (broad SMARTS) is 1. The van der Waals surface area contributed by atoms with Gasteiger partial charge in [0.1, 0.15) is 11.8 Å². The fourth-order valence-corrected chi connectivity index (χ4v) is 3.78. The minimum absolute atomic E-state index is 0.125. The molecule has 0 radical (unpaired) electrons. The van der Waals surface area contributed by atoms with Crippen molar-refractivity contribution in [3.63, 3.8) is 0 Å². The van der Waals surface area contributed by atoms with E-state index in [1.165, 1.54) is 4.40 Å². The summed E-state index contributed by atoms with van der Waals surface area (Å²) in [5, 5.41) is 12.7. The largest absolute Gasteiger partial charge is 0.478 e. The van der Waals surface area contributed by atoms with Gasteiger partial charge in [0.25, 0.3) is 5.56 Å². The van der Waals surface area contributed by atoms with E-state index in [2.05, 4.69) is 10.3 Å². The zero-order valence-corrected chi connectivity index (χ0v) is 17.7. The summed E-state index contributed by atoms with van der Waals surface area (Å²) in [6.45, 7) is 6.63. The Bertz CT molecular complexity index is 1200. The molecule has 3 heterocycles. The molecule has 1 aliphatic heterocycles. The van der Waals surface area contributed by atoms with E-state index in [1.54, 1.807) is 37.4 Å². The van der Waals surface area contributed by atoms with Gasteiger partial charge in [-0.3, -0.25) is 9.20 Å². The van der Waals surface area contributed by atoms with Crippen LogP contribution in [-0.4, -0.2) is 39.8 Å². The van der Waals surface area contributed by atoms with Crippen molar-refractivity contribution in [3.8, 4) is 5.88 Å². The van der Waals surface area contributed by atoms with Crippen LogP contribution in [0.15, 0.2) is 41.3 Å². The van der Waals surface area contributed by atoms with Crippen molar-refractivity contribution in [2.75, 3.05) is 18.5 Å². The third-order valence-corrected chi connectivity index (χ3v) is 5.43. The minimum Gasteiger partial charge on any atom is -0.478 e. The van der Waals surface area contributed by atoms with Gasteiger partial charge >= 0.3 is 5.97 Å². The SMILES string of the molecule is Cc1cc([C@@H](C)Nc2ccccc2C(=O)O)c2nc(O[C@@H]3CCOC3)c(C)c(=O)n2c1. The number of hydrogen-bond donors (Lipinski definition) is 2. The first-order chi connectivity index (χ1) is 14.8. The van der Waals surface area contributed by atoms with E-state index < -0.39 is 5.97 Å². The predicted octanol–water partition coefficient (Wildman–Crippen LogP) is 3.35. The molecule has 4 rings (SSSR count). The van der Waals surface area contributed by atoms with Crippen molar-refractivity contribution in [3.05, 3.63) is 69.1 Å². The number of carboxylic acids is 1. The fraction of sp³-hybridized carbons (Fsp3) is 0.348. The number of benzene rings is 1. The van der Waals surface area contributed by atoms with Gasteiger partial charge in [-0.2, -0.15) is 4.98 Å². The highest BCUT2D eigenvalue weighted by Gasteiger charge is 2.22. The van der Waals surface area contributed by atoms with E-state index in [0.29, 0.717) is 36.0 Å². The maximum absolute atomic E-state index is 13.1. The molecule has 0 aliphatic carbocycles. The van der Waals surface area contributed by atoms with Crippen molar-refractivity contribution in [2.45, 2.75) is 39.3 Å². The molecule has 3 aromatic rings. The van der Waals surface area contributed by atoms with Gasteiger partial charge in [0, 0.05) is 23.9 Å². The molecule has 2 aromatic heterocycles. The van der Waals surface area contributed by atoms with E-state index in [1.807, 2.05) is 19.9 Å². The summed E-state index contributed by atoms with van der Waals surface area (Å²) in [4.78, 5) is 29.3. The second kappa shape index (κ2) is 8.39. The molecular weight excluding hydrogens is 398 g/mol. The molecule has 0 amide bonds. The Kier molecular flexibility index (Phi) is 5.65. The summed E-state index contributed by atoms with van der Waals surface area (Å²) in [5.74, 6) is -0.701. The number of para-hydroxylation sites is 1. The number of anilines is 1. The summed E-state index contributed by atoms with van der Waals surface area (Å²) in [6, 6.07) is 8.36. The number of hydrogen-bond acceptors (Lipinski definition) is 6. The van der Waals surface area contributed by atoms with Crippen LogP contribution in [0.1, 0.15) is 46.4 Å². The zero-order valence-electron chi connectivity index (χ0n) is 17.7. The van der Waals surface area contributed by atoms with Crippen molar-refractivity contribution >= 4 is 17.3 Å². The molecule has 162 valence electrons. The number of rotatable bonds is 6. The van der Waals surface area contributed by atoms with Gasteiger partial charge in [-0.05, 0) is 44.5 Å². The maximum Gasteiger partial charge on any atom is 0.337 e. The molecule has 2 atom stereocenters. The number of pyridine rings is 1. The molecule has 2 N–H and O–H groups in total. The zero-order chi connectivity index (χ0) is 22.1. The lowest BCUT2D eigenvalue weighted by Crippen LogP contribution is -2.25. The molecule has 1 saturated heterocycles. The quantitative estimate of drug-likeness (QED) is 0.627. The van der Waals surface area contributed by atoms with Crippen molar-refractivity contribution in [1.29, 1.82) is 0 Å². The highest BCUT2D eigenvalue weighted by atomic mass is 16.5. The molecule has 8 nitrogen and oxygen atoms in total. The van der Waals surface area contributed by atoms with E-state index in [9.17, 15) is 14.7 Å². The van der Waals surface area contributed by atoms with Gasteiger partial charge in [0.15, 0.2) is 0 Å². The van der Waals surface area contributed by atoms with Crippen LogP contribution in [0, 0.1) is 13.8 Å². The highest BCUT2D eigenvalue weighted by molar-refractivity contribution is 5.94. The van der Waals surface area contributed by atoms with Crippen LogP contribution in [-0.2, 0) is 4.74 Å². The molecule has 0 unspecified atom stereocenters. The Morgan fingerprint density at radius 3 is 2.84 bits per heavy atom. The Labute approximate surface area is 179 Å². The topological polar surface area (TPSA) is 102 Å². The number of aromatic nitrogens is 2. The van der Waals surface area contributed by atoms with Crippen molar-refractivity contribution < 1.29 is 19.4 Å². The van der Waals surface area contributed by atoms with Gasteiger partial charge < -0.3 is 19.9 Å². The standard InChI is InChI=1S/C23H25N3O5/c1-13-10-18(15(3)24-19-7-5-4-6-17(19)23(28)29)20-25-21(31-16-8-9-30-12-16)14(2)22(27)26(20)11-13/h4-7,10-11,15-16,24H,8-9,12H2,1-3H3,(H,28,29)/t15-,16-/m1/s1. The van der Waals surface area contributed by atoms with Crippen molar-refractivity contribution in [1.82, 2.24) is 9.38 Å². The summed E-state index contributed by atoms with van der Waals surface area (Å²) in [5.41, 5.74) is 3.06. The Morgan fingerprint density at radius 1 is 1.35 bits per heavy atom. The molecule has 1 aliphatic rings. The number of ether oxygens (including phenoxy) is 2. The van der Waals surface area contributed by atoms with Crippen LogP contribution >= 0.6 is 0 Å². The third kappa shape index (κ3) is 4.11. The first kappa shape index (κ1) is 20.9. The van der Waals surface area contributed by atoms with Crippen molar-refractivity contribution in [2.24, 2.45) is 0 Å². The molecule has 8 heteroatoms. The maximum atomic E-state index is 13.1. The van der Waals surface area contributed by atoms with E-state index >= 15 is 0 Å². The first-order valence-electron chi connectivity index (χ1n) is 10.2. The van der Waals surface area contributed by atoms with Crippen LogP contribution in [0.2, 0.25) is 0 Å². The number of nitrogens with zero attached hydrogens (tertiary/aromatic N) is 2.